The zero-order chi connectivity index (χ0) is 12.1. The summed E-state index contributed by atoms with van der Waals surface area (Å²) in [6.07, 6.45) is 0. The van der Waals surface area contributed by atoms with Crippen LogP contribution in [-0.4, -0.2) is 17.5 Å². The fraction of sp³-hybridized carbons (Fsp3) is 0.0714. The van der Waals surface area contributed by atoms with Crippen molar-refractivity contribution >= 4 is 5.78 Å². The smallest absolute Gasteiger partial charge is 0.188 e. The fourth-order valence-electron chi connectivity index (χ4n) is 1.45. The van der Waals surface area contributed by atoms with E-state index in [-0.39, 0.29) is 5.78 Å². The number of aliphatic hydroxyl groups is 1. The van der Waals surface area contributed by atoms with Crippen molar-refractivity contribution in [3.63, 3.8) is 0 Å². The van der Waals surface area contributed by atoms with Gasteiger partial charge in [0.15, 0.2) is 5.78 Å². The van der Waals surface area contributed by atoms with Gasteiger partial charge in [-0.1, -0.05) is 30.3 Å². The average molecular weight is 228 g/mol. The Hall–Kier alpha value is -2.13. The van der Waals surface area contributed by atoms with E-state index in [2.05, 4.69) is 0 Å². The lowest BCUT2D eigenvalue weighted by molar-refractivity contribution is 0.0903. The molecule has 0 aromatic heterocycles. The first-order valence-corrected chi connectivity index (χ1v) is 5.26. The second-order valence-corrected chi connectivity index (χ2v) is 3.52. The van der Waals surface area contributed by atoms with E-state index in [9.17, 15) is 4.79 Å². The lowest BCUT2D eigenvalue weighted by Crippen LogP contribution is -2.03. The van der Waals surface area contributed by atoms with Crippen molar-refractivity contribution in [2.24, 2.45) is 0 Å². The SMILES string of the molecule is O=C(CO)c1cccc(Oc2ccccc2)c1. The van der Waals surface area contributed by atoms with Crippen molar-refractivity contribution in [3.05, 3.63) is 60.2 Å². The first-order chi connectivity index (χ1) is 8.29. The van der Waals surface area contributed by atoms with Crippen LogP contribution in [0.1, 0.15) is 10.4 Å². The van der Waals surface area contributed by atoms with E-state index in [1.807, 2.05) is 30.3 Å². The largest absolute Gasteiger partial charge is 0.457 e. The van der Waals surface area contributed by atoms with Gasteiger partial charge in [0, 0.05) is 5.56 Å². The van der Waals surface area contributed by atoms with Gasteiger partial charge < -0.3 is 9.84 Å². The van der Waals surface area contributed by atoms with Crippen LogP contribution >= 0.6 is 0 Å². The summed E-state index contributed by atoms with van der Waals surface area (Å²) < 4.78 is 5.58. The van der Waals surface area contributed by atoms with Crippen molar-refractivity contribution in [1.29, 1.82) is 0 Å². The number of rotatable bonds is 4. The Morgan fingerprint density at radius 1 is 1.00 bits per heavy atom. The minimum atomic E-state index is -0.491. The predicted octanol–water partition coefficient (Wildman–Crippen LogP) is 2.65. The van der Waals surface area contributed by atoms with Gasteiger partial charge in [0.2, 0.25) is 0 Å². The summed E-state index contributed by atoms with van der Waals surface area (Å²) in [5, 5.41) is 8.78. The van der Waals surface area contributed by atoms with Crippen LogP contribution in [-0.2, 0) is 0 Å². The van der Waals surface area contributed by atoms with Gasteiger partial charge in [-0.25, -0.2) is 0 Å². The van der Waals surface area contributed by atoms with E-state index in [1.54, 1.807) is 24.3 Å². The summed E-state index contributed by atoms with van der Waals surface area (Å²) in [6, 6.07) is 16.1. The minimum Gasteiger partial charge on any atom is -0.457 e. The number of ketones is 1. The van der Waals surface area contributed by atoms with Crippen molar-refractivity contribution < 1.29 is 14.6 Å². The van der Waals surface area contributed by atoms with Crippen molar-refractivity contribution in [2.45, 2.75) is 0 Å². The molecule has 17 heavy (non-hydrogen) atoms. The van der Waals surface area contributed by atoms with Gasteiger partial charge in [0.25, 0.3) is 0 Å². The summed E-state index contributed by atoms with van der Waals surface area (Å²) >= 11 is 0. The van der Waals surface area contributed by atoms with Gasteiger partial charge in [-0.3, -0.25) is 4.79 Å². The molecule has 0 fully saturated rings. The summed E-state index contributed by atoms with van der Waals surface area (Å²) in [6.45, 7) is -0.491. The molecule has 0 atom stereocenters. The Kier molecular flexibility index (Phi) is 3.52. The quantitative estimate of drug-likeness (QED) is 0.818. The van der Waals surface area contributed by atoms with E-state index in [4.69, 9.17) is 9.84 Å². The third-order valence-corrected chi connectivity index (χ3v) is 2.28. The molecule has 0 radical (unpaired) electrons. The summed E-state index contributed by atoms with van der Waals surface area (Å²) in [5.74, 6) is 0.972. The number of benzene rings is 2. The molecule has 0 heterocycles. The Morgan fingerprint density at radius 2 is 1.71 bits per heavy atom. The molecular formula is C14H12O3. The molecule has 3 heteroatoms. The van der Waals surface area contributed by atoms with Gasteiger partial charge in [0.05, 0.1) is 0 Å². The maximum absolute atomic E-state index is 11.3. The van der Waals surface area contributed by atoms with Gasteiger partial charge in [-0.05, 0) is 24.3 Å². The number of hydrogen-bond acceptors (Lipinski definition) is 3. The predicted molar refractivity (Wildman–Crippen MR) is 64.4 cm³/mol. The summed E-state index contributed by atoms with van der Waals surface area (Å²) in [7, 11) is 0. The van der Waals surface area contributed by atoms with Crippen LogP contribution < -0.4 is 4.74 Å². The highest BCUT2D eigenvalue weighted by Gasteiger charge is 2.05. The van der Waals surface area contributed by atoms with E-state index in [0.29, 0.717) is 17.1 Å². The van der Waals surface area contributed by atoms with E-state index < -0.39 is 6.61 Å². The molecule has 3 nitrogen and oxygen atoms in total. The number of Topliss-reactive ketones (excluding diaryl/α,β-unsaturated/α-hetero) is 1. The van der Waals surface area contributed by atoms with Crippen LogP contribution in [0.15, 0.2) is 54.6 Å². The monoisotopic (exact) mass is 228 g/mol. The summed E-state index contributed by atoms with van der Waals surface area (Å²) in [4.78, 5) is 11.3. The van der Waals surface area contributed by atoms with Crippen LogP contribution in [0.5, 0.6) is 11.5 Å². The molecule has 86 valence electrons. The number of carbonyl (C=O) groups is 1. The maximum atomic E-state index is 11.3. The fourth-order valence-corrected chi connectivity index (χ4v) is 1.45. The molecule has 0 amide bonds. The second-order valence-electron chi connectivity index (χ2n) is 3.52. The molecule has 0 saturated carbocycles. The minimum absolute atomic E-state index is 0.316. The first kappa shape index (κ1) is 11.4. The van der Waals surface area contributed by atoms with E-state index >= 15 is 0 Å². The van der Waals surface area contributed by atoms with Gasteiger partial charge >= 0.3 is 0 Å². The molecule has 0 aliphatic heterocycles. The molecule has 2 aromatic rings. The second kappa shape index (κ2) is 5.27. The average Bonchev–Trinajstić information content (AvgIpc) is 2.39. The first-order valence-electron chi connectivity index (χ1n) is 5.26. The Morgan fingerprint density at radius 3 is 2.41 bits per heavy atom. The molecular weight excluding hydrogens is 216 g/mol. The van der Waals surface area contributed by atoms with Crippen LogP contribution in [0.25, 0.3) is 0 Å². The number of ether oxygens (including phenoxy) is 1. The third kappa shape index (κ3) is 2.92. The van der Waals surface area contributed by atoms with Crippen LogP contribution in [0, 0.1) is 0 Å². The summed E-state index contributed by atoms with van der Waals surface area (Å²) in [5.41, 5.74) is 0.445. The van der Waals surface area contributed by atoms with Gasteiger partial charge in [-0.15, -0.1) is 0 Å². The number of carbonyl (C=O) groups excluding carboxylic acids is 1. The van der Waals surface area contributed by atoms with Crippen molar-refractivity contribution in [3.8, 4) is 11.5 Å². The van der Waals surface area contributed by atoms with Crippen molar-refractivity contribution in [2.75, 3.05) is 6.61 Å². The molecule has 1 N–H and O–H groups in total. The van der Waals surface area contributed by atoms with Crippen LogP contribution in [0.4, 0.5) is 0 Å². The third-order valence-electron chi connectivity index (χ3n) is 2.28. The zero-order valence-corrected chi connectivity index (χ0v) is 9.17. The van der Waals surface area contributed by atoms with Crippen LogP contribution in [0.2, 0.25) is 0 Å². The van der Waals surface area contributed by atoms with Gasteiger partial charge in [-0.2, -0.15) is 0 Å². The number of aliphatic hydroxyl groups excluding tert-OH is 1. The van der Waals surface area contributed by atoms with Gasteiger partial charge in [0.1, 0.15) is 18.1 Å². The highest BCUT2D eigenvalue weighted by atomic mass is 16.5. The topological polar surface area (TPSA) is 46.5 Å². The lowest BCUT2D eigenvalue weighted by atomic mass is 10.1. The molecule has 0 aliphatic rings. The lowest BCUT2D eigenvalue weighted by Gasteiger charge is -2.06. The Labute approximate surface area is 99.3 Å². The molecule has 0 saturated heterocycles. The van der Waals surface area contributed by atoms with E-state index in [0.717, 1.165) is 0 Å². The highest BCUT2D eigenvalue weighted by molar-refractivity contribution is 5.97. The normalized spacial score (nSPS) is 9.94. The standard InChI is InChI=1S/C14H12O3/c15-10-14(16)11-5-4-8-13(9-11)17-12-6-2-1-3-7-12/h1-9,15H,10H2. The molecule has 0 bridgehead atoms. The zero-order valence-electron chi connectivity index (χ0n) is 9.17. The molecule has 2 rings (SSSR count). The molecule has 2 aromatic carbocycles. The molecule has 0 aliphatic carbocycles. The van der Waals surface area contributed by atoms with E-state index in [1.165, 1.54) is 0 Å². The molecule has 0 spiro atoms. The Balaban J connectivity index is 2.20. The molecule has 0 unspecified atom stereocenters. The maximum Gasteiger partial charge on any atom is 0.188 e. The number of hydrogen-bond donors (Lipinski definition) is 1. The number of para-hydroxylation sites is 1. The van der Waals surface area contributed by atoms with Crippen LogP contribution in [0.3, 0.4) is 0 Å². The highest BCUT2D eigenvalue weighted by Crippen LogP contribution is 2.21. The Bertz CT molecular complexity index is 506. The van der Waals surface area contributed by atoms with Crippen molar-refractivity contribution in [1.82, 2.24) is 0 Å².